The normalized spacial score (nSPS) is 12.6. The monoisotopic (exact) mass is 387 g/mol. The van der Waals surface area contributed by atoms with Gasteiger partial charge in [-0.1, -0.05) is 67.6 Å². The summed E-state index contributed by atoms with van der Waals surface area (Å²) in [6.45, 7) is 4.33. The zero-order valence-corrected chi connectivity index (χ0v) is 16.7. The van der Waals surface area contributed by atoms with Crippen LogP contribution in [-0.4, -0.2) is 24.3 Å². The number of ketones is 1. The zero-order chi connectivity index (χ0) is 20.6. The predicted octanol–water partition coefficient (Wildman–Crippen LogP) is 4.60. The van der Waals surface area contributed by atoms with E-state index in [-0.39, 0.29) is 17.6 Å². The molecule has 0 saturated heterocycles. The summed E-state index contributed by atoms with van der Waals surface area (Å²) in [7, 11) is 0. The minimum absolute atomic E-state index is 0.0437. The maximum atomic E-state index is 12.4. The summed E-state index contributed by atoms with van der Waals surface area (Å²) in [6, 6.07) is 26.0. The lowest BCUT2D eigenvalue weighted by Gasteiger charge is -2.17. The van der Waals surface area contributed by atoms with E-state index in [2.05, 4.69) is 24.4 Å². The largest absolute Gasteiger partial charge is 0.481 e. The molecule has 0 aliphatic carbocycles. The Hall–Kier alpha value is -3.40. The smallest absolute Gasteiger partial charge is 0.260 e. The number of ether oxygens (including phenoxy) is 1. The maximum Gasteiger partial charge on any atom is 0.260 e. The molecule has 2 unspecified atom stereocenters. The average molecular weight is 387 g/mol. The van der Waals surface area contributed by atoms with Crippen LogP contribution < -0.4 is 10.1 Å². The number of carbonyl (C=O) groups is 2. The third kappa shape index (κ3) is 5.55. The first-order valence-corrected chi connectivity index (χ1v) is 9.73. The van der Waals surface area contributed by atoms with Crippen molar-refractivity contribution in [1.29, 1.82) is 0 Å². The van der Waals surface area contributed by atoms with E-state index in [1.54, 1.807) is 43.3 Å². The molecule has 0 aliphatic rings. The Morgan fingerprint density at radius 2 is 1.34 bits per heavy atom. The lowest BCUT2D eigenvalue weighted by atomic mass is 10.0. The van der Waals surface area contributed by atoms with E-state index < -0.39 is 6.10 Å². The molecule has 29 heavy (non-hydrogen) atoms. The van der Waals surface area contributed by atoms with E-state index >= 15 is 0 Å². The van der Waals surface area contributed by atoms with Gasteiger partial charge in [-0.2, -0.15) is 0 Å². The van der Waals surface area contributed by atoms with Gasteiger partial charge in [0.2, 0.25) is 0 Å². The molecule has 0 bridgehead atoms. The molecule has 0 aromatic heterocycles. The topological polar surface area (TPSA) is 55.4 Å². The predicted molar refractivity (Wildman–Crippen MR) is 114 cm³/mol. The summed E-state index contributed by atoms with van der Waals surface area (Å²) in [6.07, 6.45) is -0.631. The van der Waals surface area contributed by atoms with E-state index in [0.717, 1.165) is 0 Å². The van der Waals surface area contributed by atoms with Crippen LogP contribution in [0.2, 0.25) is 0 Å². The molecular weight excluding hydrogens is 362 g/mol. The highest BCUT2D eigenvalue weighted by atomic mass is 16.5. The molecular formula is C25H25NO3. The molecule has 4 nitrogen and oxygen atoms in total. The highest BCUT2D eigenvalue weighted by Gasteiger charge is 2.16. The van der Waals surface area contributed by atoms with E-state index in [0.29, 0.717) is 23.4 Å². The number of nitrogens with one attached hydrogen (secondary N) is 1. The van der Waals surface area contributed by atoms with Crippen LogP contribution in [0.15, 0.2) is 84.9 Å². The quantitative estimate of drug-likeness (QED) is 0.575. The van der Waals surface area contributed by atoms with Crippen molar-refractivity contribution in [2.75, 3.05) is 6.54 Å². The van der Waals surface area contributed by atoms with Crippen molar-refractivity contribution in [2.45, 2.75) is 25.9 Å². The van der Waals surface area contributed by atoms with Gasteiger partial charge in [-0.25, -0.2) is 0 Å². The number of benzene rings is 3. The Balaban J connectivity index is 1.53. The lowest BCUT2D eigenvalue weighted by Crippen LogP contribution is -2.38. The standard InChI is InChI=1S/C25H25NO3/c1-18(20-9-5-3-6-10-20)17-26-25(28)19(2)29-23-15-13-22(14-16-23)24(27)21-11-7-4-8-12-21/h3-16,18-19H,17H2,1-2H3,(H,26,28). The second-order valence-corrected chi connectivity index (χ2v) is 7.04. The van der Waals surface area contributed by atoms with Gasteiger partial charge < -0.3 is 10.1 Å². The minimum Gasteiger partial charge on any atom is -0.481 e. The lowest BCUT2D eigenvalue weighted by molar-refractivity contribution is -0.127. The summed E-state index contributed by atoms with van der Waals surface area (Å²) in [5, 5.41) is 2.93. The average Bonchev–Trinajstić information content (AvgIpc) is 2.78. The first kappa shape index (κ1) is 20.3. The van der Waals surface area contributed by atoms with Crippen LogP contribution in [0.5, 0.6) is 5.75 Å². The van der Waals surface area contributed by atoms with Crippen molar-refractivity contribution < 1.29 is 14.3 Å². The Morgan fingerprint density at radius 3 is 1.97 bits per heavy atom. The first-order chi connectivity index (χ1) is 14.0. The molecule has 0 aliphatic heterocycles. The molecule has 1 amide bonds. The fourth-order valence-electron chi connectivity index (χ4n) is 3.00. The van der Waals surface area contributed by atoms with Gasteiger partial charge in [-0.05, 0) is 42.7 Å². The van der Waals surface area contributed by atoms with Crippen LogP contribution in [0, 0.1) is 0 Å². The molecule has 148 valence electrons. The van der Waals surface area contributed by atoms with Crippen molar-refractivity contribution in [3.05, 3.63) is 102 Å². The number of hydrogen-bond acceptors (Lipinski definition) is 3. The number of carbonyl (C=O) groups excluding carboxylic acids is 2. The minimum atomic E-state index is -0.631. The van der Waals surface area contributed by atoms with Crippen molar-refractivity contribution >= 4 is 11.7 Å². The summed E-state index contributed by atoms with van der Waals surface area (Å²) >= 11 is 0. The van der Waals surface area contributed by atoms with Gasteiger partial charge in [0.25, 0.3) is 5.91 Å². The van der Waals surface area contributed by atoms with Crippen molar-refractivity contribution in [3.63, 3.8) is 0 Å². The fraction of sp³-hybridized carbons (Fsp3) is 0.200. The fourth-order valence-corrected chi connectivity index (χ4v) is 3.00. The Morgan fingerprint density at radius 1 is 0.793 bits per heavy atom. The second kappa shape index (κ2) is 9.69. The molecule has 3 aromatic rings. The van der Waals surface area contributed by atoms with E-state index in [9.17, 15) is 9.59 Å². The molecule has 0 radical (unpaired) electrons. The molecule has 4 heteroatoms. The van der Waals surface area contributed by atoms with Crippen LogP contribution >= 0.6 is 0 Å². The number of rotatable bonds is 8. The van der Waals surface area contributed by atoms with E-state index in [1.165, 1.54) is 5.56 Å². The Labute approximate surface area is 171 Å². The van der Waals surface area contributed by atoms with Crippen molar-refractivity contribution in [1.82, 2.24) is 5.32 Å². The van der Waals surface area contributed by atoms with Gasteiger partial charge in [-0.3, -0.25) is 9.59 Å². The van der Waals surface area contributed by atoms with Gasteiger partial charge >= 0.3 is 0 Å². The highest BCUT2D eigenvalue weighted by molar-refractivity contribution is 6.08. The third-order valence-electron chi connectivity index (χ3n) is 4.79. The van der Waals surface area contributed by atoms with Gasteiger partial charge in [0.1, 0.15) is 5.75 Å². The van der Waals surface area contributed by atoms with Crippen molar-refractivity contribution in [3.8, 4) is 5.75 Å². The van der Waals surface area contributed by atoms with Gasteiger partial charge in [0.05, 0.1) is 0 Å². The van der Waals surface area contributed by atoms with Crippen LogP contribution in [0.4, 0.5) is 0 Å². The van der Waals surface area contributed by atoms with E-state index in [4.69, 9.17) is 4.74 Å². The molecule has 0 spiro atoms. The summed E-state index contributed by atoms with van der Waals surface area (Å²) in [5.74, 6) is 0.555. The van der Waals surface area contributed by atoms with E-state index in [1.807, 2.05) is 36.4 Å². The summed E-state index contributed by atoms with van der Waals surface area (Å²) in [5.41, 5.74) is 2.40. The molecule has 0 saturated carbocycles. The SMILES string of the molecule is CC(Oc1ccc(C(=O)c2ccccc2)cc1)C(=O)NCC(C)c1ccccc1. The first-order valence-electron chi connectivity index (χ1n) is 9.73. The molecule has 1 N–H and O–H groups in total. The zero-order valence-electron chi connectivity index (χ0n) is 16.7. The Kier molecular flexibility index (Phi) is 6.80. The molecule has 3 aromatic carbocycles. The van der Waals surface area contributed by atoms with Crippen LogP contribution in [0.1, 0.15) is 41.3 Å². The van der Waals surface area contributed by atoms with Crippen molar-refractivity contribution in [2.24, 2.45) is 0 Å². The van der Waals surface area contributed by atoms with Crippen LogP contribution in [0.3, 0.4) is 0 Å². The summed E-state index contributed by atoms with van der Waals surface area (Å²) < 4.78 is 5.73. The van der Waals surface area contributed by atoms with Crippen LogP contribution in [0.25, 0.3) is 0 Å². The summed E-state index contributed by atoms with van der Waals surface area (Å²) in [4.78, 5) is 24.8. The number of hydrogen-bond donors (Lipinski definition) is 1. The molecule has 2 atom stereocenters. The second-order valence-electron chi connectivity index (χ2n) is 7.04. The third-order valence-corrected chi connectivity index (χ3v) is 4.79. The number of amides is 1. The van der Waals surface area contributed by atoms with Gasteiger partial charge in [-0.15, -0.1) is 0 Å². The van der Waals surface area contributed by atoms with Crippen LogP contribution in [-0.2, 0) is 4.79 Å². The maximum absolute atomic E-state index is 12.4. The molecule has 0 heterocycles. The molecule has 3 rings (SSSR count). The van der Waals surface area contributed by atoms with Gasteiger partial charge in [0, 0.05) is 17.7 Å². The molecule has 0 fully saturated rings. The Bertz CT molecular complexity index is 937. The van der Waals surface area contributed by atoms with Gasteiger partial charge in [0.15, 0.2) is 11.9 Å². The highest BCUT2D eigenvalue weighted by Crippen LogP contribution is 2.17.